The molecule has 0 saturated carbocycles. The van der Waals surface area contributed by atoms with Gasteiger partial charge in [-0.2, -0.15) is 8.78 Å². The first-order valence-corrected chi connectivity index (χ1v) is 12.1. The second kappa shape index (κ2) is 9.88. The average Bonchev–Trinajstić information content (AvgIpc) is 3.29. The van der Waals surface area contributed by atoms with Gasteiger partial charge in [-0.1, -0.05) is 6.07 Å². The van der Waals surface area contributed by atoms with Gasteiger partial charge in [-0.15, -0.1) is 10.2 Å². The van der Waals surface area contributed by atoms with E-state index >= 15 is 0 Å². The fourth-order valence-corrected chi connectivity index (χ4v) is 5.61. The van der Waals surface area contributed by atoms with Gasteiger partial charge in [0.1, 0.15) is 5.82 Å². The Morgan fingerprint density at radius 2 is 1.97 bits per heavy atom. The molecule has 13 heteroatoms. The highest BCUT2D eigenvalue weighted by molar-refractivity contribution is 7.86. The number of anilines is 1. The van der Waals surface area contributed by atoms with Crippen LogP contribution >= 0.6 is 0 Å². The second-order valence-corrected chi connectivity index (χ2v) is 9.92. The molecule has 0 spiro atoms. The van der Waals surface area contributed by atoms with E-state index in [9.17, 15) is 21.6 Å². The van der Waals surface area contributed by atoms with Crippen LogP contribution in [0.2, 0.25) is 0 Å². The Morgan fingerprint density at radius 1 is 1.19 bits per heavy atom. The summed E-state index contributed by atoms with van der Waals surface area (Å²) < 4.78 is 72.2. The number of alkyl halides is 2. The van der Waals surface area contributed by atoms with Crippen LogP contribution in [0.25, 0.3) is 11.5 Å². The summed E-state index contributed by atoms with van der Waals surface area (Å²) >= 11 is -1.66. The standard InChI is InChI=1S/C19H18F3N5O3S2/c20-14-2-1-3-16(10-14)27(32(29)26-6-8-31(28)9-7-26)12-15-5-4-13(11-23-15)18-24-25-19(30-18)17(21)22/h1-5,10-11,17H,6-9,12H2. The fraction of sp³-hybridized carbons (Fsp3) is 0.316. The topological polar surface area (TPSA) is 92.4 Å². The summed E-state index contributed by atoms with van der Waals surface area (Å²) in [6, 6.07) is 8.91. The van der Waals surface area contributed by atoms with Crippen molar-refractivity contribution in [3.63, 3.8) is 0 Å². The number of halogens is 3. The second-order valence-electron chi connectivity index (χ2n) is 6.81. The minimum Gasteiger partial charge on any atom is -0.415 e. The van der Waals surface area contributed by atoms with E-state index in [2.05, 4.69) is 15.2 Å². The van der Waals surface area contributed by atoms with Gasteiger partial charge in [0.2, 0.25) is 5.89 Å². The number of aromatic nitrogens is 3. The molecule has 1 unspecified atom stereocenters. The molecule has 0 radical (unpaired) electrons. The summed E-state index contributed by atoms with van der Waals surface area (Å²) in [5, 5.41) is 6.87. The van der Waals surface area contributed by atoms with Crippen molar-refractivity contribution in [2.24, 2.45) is 0 Å². The molecule has 8 nitrogen and oxygen atoms in total. The predicted octanol–water partition coefficient (Wildman–Crippen LogP) is 2.86. The molecule has 1 aliphatic rings. The smallest absolute Gasteiger partial charge is 0.314 e. The molecule has 3 heterocycles. The lowest BCUT2D eigenvalue weighted by Gasteiger charge is -2.32. The van der Waals surface area contributed by atoms with Crippen molar-refractivity contribution >= 4 is 27.7 Å². The molecule has 0 aliphatic carbocycles. The summed E-state index contributed by atoms with van der Waals surface area (Å²) in [5.41, 5.74) is 1.25. The Labute approximate surface area is 186 Å². The largest absolute Gasteiger partial charge is 0.415 e. The molecule has 1 fully saturated rings. The molecule has 1 atom stereocenters. The van der Waals surface area contributed by atoms with E-state index in [0.717, 1.165) is 0 Å². The quantitative estimate of drug-likeness (QED) is 0.511. The van der Waals surface area contributed by atoms with E-state index in [1.54, 1.807) is 22.5 Å². The average molecular weight is 486 g/mol. The van der Waals surface area contributed by atoms with E-state index in [-0.39, 0.29) is 12.4 Å². The minimum atomic E-state index is -2.87. The van der Waals surface area contributed by atoms with Crippen LogP contribution in [0, 0.1) is 5.82 Å². The first kappa shape index (κ1) is 22.6. The van der Waals surface area contributed by atoms with Crippen molar-refractivity contribution in [1.29, 1.82) is 0 Å². The molecule has 0 amide bonds. The maximum absolute atomic E-state index is 13.9. The number of pyridine rings is 1. The van der Waals surface area contributed by atoms with Crippen LogP contribution in [0.15, 0.2) is 47.0 Å². The Kier molecular flexibility index (Phi) is 6.96. The maximum Gasteiger partial charge on any atom is 0.314 e. The third-order valence-corrected chi connectivity index (χ3v) is 7.45. The summed E-state index contributed by atoms with van der Waals surface area (Å²) in [7, 11) is -0.933. The number of benzene rings is 1. The van der Waals surface area contributed by atoms with Crippen LogP contribution in [0.1, 0.15) is 18.0 Å². The first-order valence-electron chi connectivity index (χ1n) is 9.52. The molecule has 170 valence electrons. The molecular weight excluding hydrogens is 467 g/mol. The van der Waals surface area contributed by atoms with Gasteiger partial charge in [0.05, 0.1) is 23.5 Å². The molecular formula is C19H18F3N5O3S2. The van der Waals surface area contributed by atoms with Gasteiger partial charge >= 0.3 is 6.43 Å². The van der Waals surface area contributed by atoms with Gasteiger partial charge in [-0.25, -0.2) is 12.9 Å². The number of hydrogen-bond donors (Lipinski definition) is 0. The summed E-state index contributed by atoms with van der Waals surface area (Å²) in [6.45, 7) is 0.865. The fourth-order valence-electron chi connectivity index (χ4n) is 3.02. The van der Waals surface area contributed by atoms with Crippen molar-refractivity contribution < 1.29 is 26.0 Å². The molecule has 4 rings (SSSR count). The van der Waals surface area contributed by atoms with Gasteiger partial charge in [0, 0.05) is 41.6 Å². The zero-order valence-corrected chi connectivity index (χ0v) is 18.2. The number of rotatable bonds is 7. The normalized spacial score (nSPS) is 16.4. The SMILES string of the molecule is O=S1CCN(S(=O)N(Cc2ccc(-c3nnc(C(F)F)o3)cn2)c2cccc(F)c2)CC1. The zero-order chi connectivity index (χ0) is 22.7. The molecule has 0 bridgehead atoms. The van der Waals surface area contributed by atoms with Crippen molar-refractivity contribution in [3.8, 4) is 11.5 Å². The summed E-state index contributed by atoms with van der Waals surface area (Å²) in [5.74, 6) is -0.509. The molecule has 1 aromatic carbocycles. The lowest BCUT2D eigenvalue weighted by molar-refractivity contribution is 0.116. The van der Waals surface area contributed by atoms with Crippen LogP contribution in [0.4, 0.5) is 18.9 Å². The van der Waals surface area contributed by atoms with E-state index in [1.807, 2.05) is 0 Å². The van der Waals surface area contributed by atoms with Crippen LogP contribution < -0.4 is 4.31 Å². The Morgan fingerprint density at radius 3 is 2.59 bits per heavy atom. The minimum absolute atomic E-state index is 0.0854. The van der Waals surface area contributed by atoms with E-state index in [0.29, 0.717) is 41.5 Å². The molecule has 2 aromatic heterocycles. The van der Waals surface area contributed by atoms with Gasteiger partial charge in [-0.3, -0.25) is 13.5 Å². The van der Waals surface area contributed by atoms with Crippen molar-refractivity contribution in [3.05, 3.63) is 60.0 Å². The van der Waals surface area contributed by atoms with Crippen LogP contribution in [-0.4, -0.2) is 52.5 Å². The van der Waals surface area contributed by atoms with Crippen LogP contribution in [0.5, 0.6) is 0 Å². The Bertz CT molecular complexity index is 1120. The summed E-state index contributed by atoms with van der Waals surface area (Å²) in [6.07, 6.45) is -1.49. The van der Waals surface area contributed by atoms with Crippen LogP contribution in [0.3, 0.4) is 0 Å². The van der Waals surface area contributed by atoms with Gasteiger partial charge < -0.3 is 4.42 Å². The highest BCUT2D eigenvalue weighted by Crippen LogP contribution is 2.25. The van der Waals surface area contributed by atoms with Gasteiger partial charge in [-0.05, 0) is 30.3 Å². The van der Waals surface area contributed by atoms with Crippen LogP contribution in [-0.2, 0) is 28.5 Å². The molecule has 3 aromatic rings. The van der Waals surface area contributed by atoms with E-state index in [4.69, 9.17) is 4.42 Å². The molecule has 1 saturated heterocycles. The highest BCUT2D eigenvalue weighted by Gasteiger charge is 2.26. The Balaban J connectivity index is 1.56. The third kappa shape index (κ3) is 5.22. The number of nitrogens with zero attached hydrogens (tertiary/aromatic N) is 5. The lowest BCUT2D eigenvalue weighted by Crippen LogP contribution is -2.45. The third-order valence-electron chi connectivity index (χ3n) is 4.65. The summed E-state index contributed by atoms with van der Waals surface area (Å²) in [4.78, 5) is 4.28. The predicted molar refractivity (Wildman–Crippen MR) is 113 cm³/mol. The van der Waals surface area contributed by atoms with E-state index < -0.39 is 40.1 Å². The lowest BCUT2D eigenvalue weighted by atomic mass is 10.2. The molecule has 1 aliphatic heterocycles. The van der Waals surface area contributed by atoms with Crippen molar-refractivity contribution in [1.82, 2.24) is 19.5 Å². The van der Waals surface area contributed by atoms with Gasteiger partial charge in [0.25, 0.3) is 5.89 Å². The molecule has 0 N–H and O–H groups in total. The molecule has 32 heavy (non-hydrogen) atoms. The number of hydrogen-bond acceptors (Lipinski definition) is 6. The van der Waals surface area contributed by atoms with E-state index in [1.165, 1.54) is 28.7 Å². The van der Waals surface area contributed by atoms with Crippen molar-refractivity contribution in [2.45, 2.75) is 13.0 Å². The maximum atomic E-state index is 13.9. The van der Waals surface area contributed by atoms with Gasteiger partial charge in [0.15, 0.2) is 11.2 Å². The monoisotopic (exact) mass is 485 g/mol. The first-order chi connectivity index (χ1) is 15.4. The highest BCUT2D eigenvalue weighted by atomic mass is 32.2. The Hall–Kier alpha value is -2.64. The van der Waals surface area contributed by atoms with Crippen molar-refractivity contribution in [2.75, 3.05) is 28.9 Å². The zero-order valence-electron chi connectivity index (χ0n) is 16.6.